The van der Waals surface area contributed by atoms with Crippen molar-refractivity contribution in [3.8, 4) is 0 Å². The van der Waals surface area contributed by atoms with Crippen molar-refractivity contribution < 1.29 is 13.2 Å². The van der Waals surface area contributed by atoms with Crippen molar-refractivity contribution >= 4 is 5.96 Å². The number of likely N-dealkylation sites (tertiary alicyclic amines) is 1. The highest BCUT2D eigenvalue weighted by Gasteiger charge is 2.29. The number of halogens is 3. The van der Waals surface area contributed by atoms with E-state index in [1.54, 1.807) is 7.05 Å². The van der Waals surface area contributed by atoms with Gasteiger partial charge in [0.05, 0.1) is 6.54 Å². The van der Waals surface area contributed by atoms with Gasteiger partial charge >= 0.3 is 6.18 Å². The van der Waals surface area contributed by atoms with E-state index in [4.69, 9.17) is 0 Å². The van der Waals surface area contributed by atoms with Crippen LogP contribution in [-0.2, 0) is 0 Å². The molecule has 0 aromatic carbocycles. The summed E-state index contributed by atoms with van der Waals surface area (Å²) in [6, 6.07) is 1.15. The highest BCUT2D eigenvalue weighted by Crippen LogP contribution is 2.25. The second kappa shape index (κ2) is 10.3. The van der Waals surface area contributed by atoms with Crippen molar-refractivity contribution in [1.29, 1.82) is 0 Å². The van der Waals surface area contributed by atoms with Gasteiger partial charge in [0.15, 0.2) is 5.96 Å². The summed E-state index contributed by atoms with van der Waals surface area (Å²) in [6.45, 7) is 2.11. The summed E-state index contributed by atoms with van der Waals surface area (Å²) in [4.78, 5) is 8.11. The minimum Gasteiger partial charge on any atom is -0.355 e. The third-order valence-electron chi connectivity index (χ3n) is 5.42. The molecule has 0 radical (unpaired) electrons. The lowest BCUT2D eigenvalue weighted by Gasteiger charge is -2.39. The van der Waals surface area contributed by atoms with Gasteiger partial charge in [-0.1, -0.05) is 19.3 Å². The molecule has 2 aliphatic rings. The number of alkyl halides is 3. The van der Waals surface area contributed by atoms with E-state index in [1.165, 1.54) is 44.1 Å². The quantitative estimate of drug-likeness (QED) is 0.551. The maximum atomic E-state index is 12.3. The molecule has 0 aromatic heterocycles. The van der Waals surface area contributed by atoms with Gasteiger partial charge in [-0.2, -0.15) is 13.2 Å². The van der Waals surface area contributed by atoms with Crippen LogP contribution in [0.4, 0.5) is 13.2 Å². The predicted molar refractivity (Wildman–Crippen MR) is 99.5 cm³/mol. The van der Waals surface area contributed by atoms with Crippen molar-refractivity contribution in [2.24, 2.45) is 4.99 Å². The Labute approximate surface area is 155 Å². The fraction of sp³-hybridized carbons (Fsp3) is 0.944. The van der Waals surface area contributed by atoms with Crippen LogP contribution in [0.25, 0.3) is 0 Å². The van der Waals surface area contributed by atoms with E-state index in [-0.39, 0.29) is 0 Å². The van der Waals surface area contributed by atoms with Crippen LogP contribution in [0.15, 0.2) is 4.99 Å². The minimum atomic E-state index is -4.15. The second-order valence-corrected chi connectivity index (χ2v) is 7.60. The van der Waals surface area contributed by atoms with Gasteiger partial charge in [-0.3, -0.25) is 9.89 Å². The molecule has 2 N–H and O–H groups in total. The number of piperidine rings is 1. The summed E-state index contributed by atoms with van der Waals surface area (Å²) in [5, 5.41) is 6.55. The minimum absolute atomic E-state index is 0.320. The van der Waals surface area contributed by atoms with E-state index in [0.717, 1.165) is 32.0 Å². The van der Waals surface area contributed by atoms with Crippen molar-refractivity contribution in [1.82, 2.24) is 20.4 Å². The first-order chi connectivity index (χ1) is 12.4. The third-order valence-corrected chi connectivity index (χ3v) is 5.42. The maximum Gasteiger partial charge on any atom is 0.401 e. The average molecular weight is 377 g/mol. The molecule has 0 atom stereocenters. The number of nitrogens with one attached hydrogen (secondary N) is 2. The van der Waals surface area contributed by atoms with Gasteiger partial charge < -0.3 is 15.5 Å². The lowest BCUT2D eigenvalue weighted by molar-refractivity contribution is -0.142. The Kier molecular flexibility index (Phi) is 8.47. The van der Waals surface area contributed by atoms with Crippen LogP contribution in [0, 0.1) is 0 Å². The molecule has 5 nitrogen and oxygen atoms in total. The smallest absolute Gasteiger partial charge is 0.355 e. The molecule has 1 heterocycles. The second-order valence-electron chi connectivity index (χ2n) is 7.60. The van der Waals surface area contributed by atoms with E-state index in [0.29, 0.717) is 25.1 Å². The van der Waals surface area contributed by atoms with Crippen molar-refractivity contribution in [2.45, 2.75) is 63.2 Å². The summed E-state index contributed by atoms with van der Waals surface area (Å²) in [5.74, 6) is 0.682. The number of hydrogen-bond acceptors (Lipinski definition) is 3. The van der Waals surface area contributed by atoms with E-state index in [2.05, 4.69) is 20.5 Å². The Balaban J connectivity index is 1.64. The fourth-order valence-corrected chi connectivity index (χ4v) is 3.99. The van der Waals surface area contributed by atoms with Crippen LogP contribution in [-0.4, -0.2) is 80.8 Å². The molecule has 0 aromatic rings. The van der Waals surface area contributed by atoms with Crippen molar-refractivity contribution in [3.63, 3.8) is 0 Å². The Morgan fingerprint density at radius 3 is 2.35 bits per heavy atom. The zero-order valence-electron chi connectivity index (χ0n) is 16.1. The lowest BCUT2D eigenvalue weighted by atomic mass is 9.92. The first-order valence-corrected chi connectivity index (χ1v) is 9.84. The topological polar surface area (TPSA) is 42.9 Å². The summed E-state index contributed by atoms with van der Waals surface area (Å²) >= 11 is 0. The van der Waals surface area contributed by atoms with Crippen LogP contribution < -0.4 is 10.6 Å². The maximum absolute atomic E-state index is 12.3. The molecule has 152 valence electrons. The molecule has 1 saturated heterocycles. The molecular formula is C18H34F3N5. The number of rotatable bonds is 6. The van der Waals surface area contributed by atoms with Crippen molar-refractivity contribution in [2.75, 3.05) is 46.8 Å². The van der Waals surface area contributed by atoms with E-state index in [9.17, 15) is 13.2 Å². The highest BCUT2D eigenvalue weighted by atomic mass is 19.4. The third kappa shape index (κ3) is 7.70. The zero-order valence-corrected chi connectivity index (χ0v) is 16.1. The molecule has 1 aliphatic carbocycles. The lowest BCUT2D eigenvalue weighted by Crippen LogP contribution is -2.51. The fourth-order valence-electron chi connectivity index (χ4n) is 3.99. The Bertz CT molecular complexity index is 427. The summed E-state index contributed by atoms with van der Waals surface area (Å²) in [6.07, 6.45) is 4.82. The molecule has 2 rings (SSSR count). The summed E-state index contributed by atoms with van der Waals surface area (Å²) < 4.78 is 37.0. The van der Waals surface area contributed by atoms with Gasteiger partial charge in [0.1, 0.15) is 0 Å². The molecule has 0 unspecified atom stereocenters. The Hall–Kier alpha value is -1.02. The first kappa shape index (κ1) is 21.3. The number of likely N-dealkylation sites (N-methyl/N-ethyl adjacent to an activating group) is 1. The number of hydrogen-bond donors (Lipinski definition) is 2. The molecule has 2 fully saturated rings. The predicted octanol–water partition coefficient (Wildman–Crippen LogP) is 2.44. The average Bonchev–Trinajstić information content (AvgIpc) is 2.60. The van der Waals surface area contributed by atoms with Crippen molar-refractivity contribution in [3.05, 3.63) is 0 Å². The zero-order chi connectivity index (χ0) is 19.0. The van der Waals surface area contributed by atoms with Gasteiger partial charge in [0, 0.05) is 45.3 Å². The molecule has 8 heteroatoms. The standard InChI is InChI=1S/C18H34F3N5/c1-22-17(23-10-13-25(2)14-18(19,20)21)24-15-8-11-26(12-9-15)16-6-4-3-5-7-16/h15-16H,3-14H2,1-2H3,(H2,22,23,24). The van der Waals surface area contributed by atoms with Crippen LogP contribution in [0.2, 0.25) is 0 Å². The van der Waals surface area contributed by atoms with Gasteiger partial charge in [0.25, 0.3) is 0 Å². The van der Waals surface area contributed by atoms with E-state index in [1.807, 2.05) is 0 Å². The van der Waals surface area contributed by atoms with Gasteiger partial charge in [0.2, 0.25) is 0 Å². The number of aliphatic imine (C=N–C) groups is 1. The molecule has 26 heavy (non-hydrogen) atoms. The van der Waals surface area contributed by atoms with Gasteiger partial charge in [-0.25, -0.2) is 0 Å². The normalized spacial score (nSPS) is 22.0. The van der Waals surface area contributed by atoms with Crippen LogP contribution >= 0.6 is 0 Å². The van der Waals surface area contributed by atoms with Crippen LogP contribution in [0.5, 0.6) is 0 Å². The van der Waals surface area contributed by atoms with Crippen LogP contribution in [0.3, 0.4) is 0 Å². The summed E-state index contributed by atoms with van der Waals surface area (Å²) in [7, 11) is 3.18. The Morgan fingerprint density at radius 1 is 1.12 bits per heavy atom. The molecule has 0 bridgehead atoms. The van der Waals surface area contributed by atoms with E-state index >= 15 is 0 Å². The van der Waals surface area contributed by atoms with Crippen LogP contribution in [0.1, 0.15) is 44.9 Å². The number of guanidine groups is 1. The van der Waals surface area contributed by atoms with Gasteiger partial charge in [-0.15, -0.1) is 0 Å². The molecule has 0 spiro atoms. The molecule has 1 aliphatic heterocycles. The molecule has 1 saturated carbocycles. The largest absolute Gasteiger partial charge is 0.401 e. The first-order valence-electron chi connectivity index (χ1n) is 9.84. The van der Waals surface area contributed by atoms with E-state index < -0.39 is 12.7 Å². The monoisotopic (exact) mass is 377 g/mol. The highest BCUT2D eigenvalue weighted by molar-refractivity contribution is 5.79. The molecule has 0 amide bonds. The SMILES string of the molecule is CN=C(NCCN(C)CC(F)(F)F)NC1CCN(C2CCCCC2)CC1. The molecular weight excluding hydrogens is 343 g/mol. The van der Waals surface area contributed by atoms with Gasteiger partial charge in [-0.05, 0) is 32.7 Å². The summed E-state index contributed by atoms with van der Waals surface area (Å²) in [5.41, 5.74) is 0. The Morgan fingerprint density at radius 2 is 1.77 bits per heavy atom. The number of nitrogens with zero attached hydrogens (tertiary/aromatic N) is 3.